The molecule has 2 aromatic carbocycles. The van der Waals surface area contributed by atoms with Gasteiger partial charge in [-0.2, -0.15) is 4.98 Å². The second-order valence-electron chi connectivity index (χ2n) is 5.00. The Labute approximate surface area is 148 Å². The normalized spacial score (nSPS) is 10.5. The van der Waals surface area contributed by atoms with E-state index in [2.05, 4.69) is 20.6 Å². The molecule has 1 aromatic heterocycles. The van der Waals surface area contributed by atoms with Gasteiger partial charge in [-0.3, -0.25) is 0 Å². The van der Waals surface area contributed by atoms with Gasteiger partial charge in [0, 0.05) is 23.5 Å². The summed E-state index contributed by atoms with van der Waals surface area (Å²) < 4.78 is 13.2. The molecule has 0 fully saturated rings. The topological polar surface area (TPSA) is 49.8 Å². The average molecular weight is 363 g/mol. The zero-order valence-electron chi connectivity index (χ0n) is 12.4. The van der Waals surface area contributed by atoms with Crippen LogP contribution in [0.25, 0.3) is 0 Å². The van der Waals surface area contributed by atoms with E-state index in [1.54, 1.807) is 18.3 Å². The first-order chi connectivity index (χ1) is 11.6. The van der Waals surface area contributed by atoms with Crippen LogP contribution in [0.3, 0.4) is 0 Å². The molecule has 0 aliphatic heterocycles. The van der Waals surface area contributed by atoms with E-state index < -0.39 is 5.82 Å². The average Bonchev–Trinajstić information content (AvgIpc) is 2.58. The Morgan fingerprint density at radius 3 is 2.54 bits per heavy atom. The Balaban J connectivity index is 1.67. The van der Waals surface area contributed by atoms with Crippen LogP contribution >= 0.6 is 23.2 Å². The van der Waals surface area contributed by atoms with Gasteiger partial charge in [0.25, 0.3) is 0 Å². The third kappa shape index (κ3) is 4.34. The van der Waals surface area contributed by atoms with Gasteiger partial charge in [0.15, 0.2) is 0 Å². The van der Waals surface area contributed by atoms with Crippen molar-refractivity contribution in [3.63, 3.8) is 0 Å². The van der Waals surface area contributed by atoms with E-state index >= 15 is 0 Å². The molecule has 4 nitrogen and oxygen atoms in total. The van der Waals surface area contributed by atoms with Gasteiger partial charge in [-0.15, -0.1) is 0 Å². The molecule has 1 heterocycles. The molecule has 3 aromatic rings. The minimum absolute atomic E-state index is 0.0389. The number of halogens is 3. The number of nitrogens with one attached hydrogen (secondary N) is 2. The summed E-state index contributed by atoms with van der Waals surface area (Å²) in [6, 6.07) is 13.7. The van der Waals surface area contributed by atoms with E-state index in [0.29, 0.717) is 29.0 Å². The summed E-state index contributed by atoms with van der Waals surface area (Å²) in [5, 5.41) is 6.93. The van der Waals surface area contributed by atoms with Gasteiger partial charge in [-0.1, -0.05) is 35.3 Å². The van der Waals surface area contributed by atoms with Crippen molar-refractivity contribution in [2.24, 2.45) is 0 Å². The summed E-state index contributed by atoms with van der Waals surface area (Å²) in [7, 11) is 0. The molecule has 2 N–H and O–H groups in total. The molecular weight excluding hydrogens is 350 g/mol. The van der Waals surface area contributed by atoms with Crippen molar-refractivity contribution in [1.29, 1.82) is 0 Å². The number of rotatable bonds is 5. The number of hydrogen-bond acceptors (Lipinski definition) is 4. The second-order valence-corrected chi connectivity index (χ2v) is 5.84. The molecule has 0 amide bonds. The third-order valence-corrected chi connectivity index (χ3v) is 3.76. The largest absolute Gasteiger partial charge is 0.366 e. The van der Waals surface area contributed by atoms with Crippen molar-refractivity contribution < 1.29 is 4.39 Å². The van der Waals surface area contributed by atoms with Crippen molar-refractivity contribution >= 4 is 40.7 Å². The first-order valence-corrected chi connectivity index (χ1v) is 7.89. The number of nitrogens with zero attached hydrogens (tertiary/aromatic N) is 2. The van der Waals surface area contributed by atoms with Crippen LogP contribution in [0.1, 0.15) is 5.56 Å². The van der Waals surface area contributed by atoms with Crippen LogP contribution in [0, 0.1) is 5.82 Å². The highest BCUT2D eigenvalue weighted by Gasteiger charge is 2.04. The summed E-state index contributed by atoms with van der Waals surface area (Å²) in [4.78, 5) is 8.49. The van der Waals surface area contributed by atoms with E-state index in [-0.39, 0.29) is 5.02 Å². The zero-order valence-corrected chi connectivity index (χ0v) is 13.9. The predicted molar refractivity (Wildman–Crippen MR) is 95.5 cm³/mol. The Bertz CT molecular complexity index is 840. The first-order valence-electron chi connectivity index (χ1n) is 7.13. The maximum absolute atomic E-state index is 13.2. The fourth-order valence-corrected chi connectivity index (χ4v) is 2.32. The van der Waals surface area contributed by atoms with Gasteiger partial charge in [0.2, 0.25) is 5.95 Å². The fourth-order valence-electron chi connectivity index (χ4n) is 2.02. The minimum atomic E-state index is -0.471. The molecule has 0 atom stereocenters. The molecule has 0 aliphatic carbocycles. The van der Waals surface area contributed by atoms with Crippen LogP contribution < -0.4 is 10.6 Å². The molecule has 24 heavy (non-hydrogen) atoms. The summed E-state index contributed by atoms with van der Waals surface area (Å²) in [6.07, 6.45) is 1.63. The number of hydrogen-bond donors (Lipinski definition) is 2. The lowest BCUT2D eigenvalue weighted by molar-refractivity contribution is 0.628. The quantitative estimate of drug-likeness (QED) is 0.648. The van der Waals surface area contributed by atoms with E-state index in [1.807, 2.05) is 24.3 Å². The van der Waals surface area contributed by atoms with Crippen molar-refractivity contribution in [1.82, 2.24) is 9.97 Å². The fraction of sp³-hybridized carbons (Fsp3) is 0.0588. The van der Waals surface area contributed by atoms with Crippen LogP contribution in [0.4, 0.5) is 21.8 Å². The van der Waals surface area contributed by atoms with Crippen LogP contribution in [0.5, 0.6) is 0 Å². The van der Waals surface area contributed by atoms with Gasteiger partial charge in [0.1, 0.15) is 11.6 Å². The molecule has 3 rings (SSSR count). The number of anilines is 3. The van der Waals surface area contributed by atoms with Gasteiger partial charge in [-0.25, -0.2) is 9.37 Å². The first kappa shape index (κ1) is 16.5. The van der Waals surface area contributed by atoms with Crippen molar-refractivity contribution in [3.05, 3.63) is 76.2 Å². The molecule has 0 saturated heterocycles. The van der Waals surface area contributed by atoms with Gasteiger partial charge < -0.3 is 10.6 Å². The smallest absolute Gasteiger partial charge is 0.229 e. The second kappa shape index (κ2) is 7.47. The van der Waals surface area contributed by atoms with Gasteiger partial charge in [-0.05, 0) is 42.0 Å². The molecule has 0 spiro atoms. The van der Waals surface area contributed by atoms with Crippen LogP contribution in [0.15, 0.2) is 54.7 Å². The van der Waals surface area contributed by atoms with Gasteiger partial charge >= 0.3 is 0 Å². The molecule has 0 aliphatic rings. The Hall–Kier alpha value is -2.37. The number of benzene rings is 2. The highest BCUT2D eigenvalue weighted by Crippen LogP contribution is 2.21. The van der Waals surface area contributed by atoms with Crippen LogP contribution in [0.2, 0.25) is 10.0 Å². The minimum Gasteiger partial charge on any atom is -0.366 e. The molecule has 0 radical (unpaired) electrons. The van der Waals surface area contributed by atoms with E-state index in [1.165, 1.54) is 12.1 Å². The maximum atomic E-state index is 13.2. The lowest BCUT2D eigenvalue weighted by atomic mass is 10.2. The lowest BCUT2D eigenvalue weighted by Crippen LogP contribution is -2.04. The Kier molecular flexibility index (Phi) is 5.13. The van der Waals surface area contributed by atoms with Crippen molar-refractivity contribution in [3.8, 4) is 0 Å². The van der Waals surface area contributed by atoms with E-state index in [0.717, 1.165) is 5.56 Å². The van der Waals surface area contributed by atoms with Crippen LogP contribution in [-0.2, 0) is 6.54 Å². The molecular formula is C17H13Cl2FN4. The SMILES string of the molecule is Fc1ccc(Nc2nccc(NCc3ccc(Cl)cc3)n2)cc1Cl. The van der Waals surface area contributed by atoms with E-state index in [4.69, 9.17) is 23.2 Å². The third-order valence-electron chi connectivity index (χ3n) is 3.22. The Morgan fingerprint density at radius 2 is 1.79 bits per heavy atom. The predicted octanol–water partition coefficient (Wildman–Crippen LogP) is 5.28. The maximum Gasteiger partial charge on any atom is 0.229 e. The summed E-state index contributed by atoms with van der Waals surface area (Å²) in [6.45, 7) is 0.607. The molecule has 0 bridgehead atoms. The molecule has 7 heteroatoms. The highest BCUT2D eigenvalue weighted by atomic mass is 35.5. The number of aromatic nitrogens is 2. The summed E-state index contributed by atoms with van der Waals surface area (Å²) in [5.74, 6) is 0.580. The zero-order chi connectivity index (χ0) is 16.9. The Morgan fingerprint density at radius 1 is 1.00 bits per heavy atom. The monoisotopic (exact) mass is 362 g/mol. The van der Waals surface area contributed by atoms with Crippen molar-refractivity contribution in [2.75, 3.05) is 10.6 Å². The summed E-state index contributed by atoms with van der Waals surface area (Å²) >= 11 is 11.6. The molecule has 0 saturated carbocycles. The molecule has 0 unspecified atom stereocenters. The van der Waals surface area contributed by atoms with Gasteiger partial charge in [0.05, 0.1) is 5.02 Å². The standard InChI is InChI=1S/C17H13Cl2FN4/c18-12-3-1-11(2-4-12)10-22-16-7-8-21-17(24-16)23-13-5-6-15(20)14(19)9-13/h1-9H,10H2,(H2,21,22,23,24). The highest BCUT2D eigenvalue weighted by molar-refractivity contribution is 6.31. The van der Waals surface area contributed by atoms with Crippen LogP contribution in [-0.4, -0.2) is 9.97 Å². The lowest BCUT2D eigenvalue weighted by Gasteiger charge is -2.09. The summed E-state index contributed by atoms with van der Waals surface area (Å²) in [5.41, 5.74) is 1.69. The van der Waals surface area contributed by atoms with Crippen molar-refractivity contribution in [2.45, 2.75) is 6.54 Å². The molecule has 122 valence electrons. The van der Waals surface area contributed by atoms with E-state index in [9.17, 15) is 4.39 Å².